The third-order valence-corrected chi connectivity index (χ3v) is 8.09. The second-order valence-electron chi connectivity index (χ2n) is 10.5. The van der Waals surface area contributed by atoms with Crippen molar-refractivity contribution in [2.45, 2.75) is 104 Å². The number of hydrogen-bond acceptors (Lipinski definition) is 1. The van der Waals surface area contributed by atoms with Crippen molar-refractivity contribution in [1.82, 2.24) is 5.43 Å². The van der Waals surface area contributed by atoms with Crippen molar-refractivity contribution in [3.63, 3.8) is 0 Å². The SMILES string of the molecule is CCCCCCCCCC[N+](C)(CC)NC(=O)C12CC3CC(CC(C3)C1)C2.[Br-]. The van der Waals surface area contributed by atoms with Gasteiger partial charge in [0.1, 0.15) is 6.54 Å². The minimum atomic E-state index is -0.0112. The van der Waals surface area contributed by atoms with Crippen LogP contribution in [0.15, 0.2) is 0 Å². The number of unbranched alkanes of at least 4 members (excludes halogenated alkanes) is 7. The Morgan fingerprint density at radius 1 is 0.857 bits per heavy atom. The predicted molar refractivity (Wildman–Crippen MR) is 113 cm³/mol. The molecule has 0 saturated heterocycles. The highest BCUT2D eigenvalue weighted by molar-refractivity contribution is 5.82. The van der Waals surface area contributed by atoms with Crippen LogP contribution >= 0.6 is 0 Å². The highest BCUT2D eigenvalue weighted by atomic mass is 79.9. The summed E-state index contributed by atoms with van der Waals surface area (Å²) in [6, 6.07) is 0. The van der Waals surface area contributed by atoms with Crippen molar-refractivity contribution < 1.29 is 26.4 Å². The summed E-state index contributed by atoms with van der Waals surface area (Å²) in [4.78, 5) is 13.4. The fourth-order valence-corrected chi connectivity index (χ4v) is 6.64. The Kier molecular flexibility index (Phi) is 9.32. The van der Waals surface area contributed by atoms with Gasteiger partial charge in [-0.05, 0) is 76.0 Å². The summed E-state index contributed by atoms with van der Waals surface area (Å²) in [6.45, 7) is 6.59. The molecule has 0 aromatic rings. The summed E-state index contributed by atoms with van der Waals surface area (Å²) in [5, 5.41) is 0. The van der Waals surface area contributed by atoms with Gasteiger partial charge in [0.15, 0.2) is 0 Å². The van der Waals surface area contributed by atoms with Crippen LogP contribution in [0.3, 0.4) is 0 Å². The molecule has 0 aromatic carbocycles. The zero-order valence-electron chi connectivity index (χ0n) is 18.8. The van der Waals surface area contributed by atoms with Crippen LogP contribution in [0, 0.1) is 23.2 Å². The average molecular weight is 458 g/mol. The molecule has 0 aromatic heterocycles. The lowest BCUT2D eigenvalue weighted by molar-refractivity contribution is -0.942. The number of amides is 1. The lowest BCUT2D eigenvalue weighted by Gasteiger charge is -2.56. The lowest BCUT2D eigenvalue weighted by atomic mass is 9.49. The topological polar surface area (TPSA) is 29.1 Å². The van der Waals surface area contributed by atoms with E-state index >= 15 is 0 Å². The van der Waals surface area contributed by atoms with Gasteiger partial charge in [0.2, 0.25) is 0 Å². The third kappa shape index (κ3) is 5.97. The maximum atomic E-state index is 13.4. The number of carbonyl (C=O) groups is 1. The molecule has 4 bridgehead atoms. The number of quaternary nitrogens is 1. The zero-order chi connectivity index (χ0) is 19.3. The molecule has 4 aliphatic carbocycles. The van der Waals surface area contributed by atoms with E-state index in [1.165, 1.54) is 89.9 Å². The van der Waals surface area contributed by atoms with Gasteiger partial charge in [-0.2, -0.15) is 0 Å². The number of nitrogens with one attached hydrogen (secondary N) is 1. The van der Waals surface area contributed by atoms with Gasteiger partial charge >= 0.3 is 0 Å². The normalized spacial score (nSPS) is 32.6. The van der Waals surface area contributed by atoms with Crippen LogP contribution in [0.4, 0.5) is 0 Å². The highest BCUT2D eigenvalue weighted by Crippen LogP contribution is 2.60. The molecule has 0 heterocycles. The van der Waals surface area contributed by atoms with E-state index in [-0.39, 0.29) is 22.4 Å². The summed E-state index contributed by atoms with van der Waals surface area (Å²) >= 11 is 0. The molecule has 4 fully saturated rings. The molecule has 0 spiro atoms. The van der Waals surface area contributed by atoms with Gasteiger partial charge in [0.25, 0.3) is 5.91 Å². The van der Waals surface area contributed by atoms with E-state index in [4.69, 9.17) is 0 Å². The second-order valence-corrected chi connectivity index (χ2v) is 10.5. The molecule has 3 nitrogen and oxygen atoms in total. The summed E-state index contributed by atoms with van der Waals surface area (Å²) in [7, 11) is 2.24. The monoisotopic (exact) mass is 456 g/mol. The predicted octanol–water partition coefficient (Wildman–Crippen LogP) is 2.85. The van der Waals surface area contributed by atoms with Crippen LogP contribution in [-0.4, -0.2) is 30.6 Å². The van der Waals surface area contributed by atoms with Gasteiger partial charge in [-0.1, -0.05) is 45.4 Å². The quantitative estimate of drug-likeness (QED) is 0.273. The summed E-state index contributed by atoms with van der Waals surface area (Å²) < 4.78 is 0.733. The number of hydrogen-bond donors (Lipinski definition) is 1. The first-order valence-electron chi connectivity index (χ1n) is 12.2. The molecule has 1 N–H and O–H groups in total. The minimum absolute atomic E-state index is 0. The lowest BCUT2D eigenvalue weighted by Crippen LogP contribution is -3.00. The van der Waals surface area contributed by atoms with Gasteiger partial charge < -0.3 is 17.0 Å². The summed E-state index contributed by atoms with van der Waals surface area (Å²) in [5.41, 5.74) is 3.51. The summed E-state index contributed by atoms with van der Waals surface area (Å²) in [5.74, 6) is 2.92. The van der Waals surface area contributed by atoms with Crippen LogP contribution in [0.1, 0.15) is 104 Å². The molecule has 0 radical (unpaired) electrons. The zero-order valence-corrected chi connectivity index (χ0v) is 20.4. The van der Waals surface area contributed by atoms with Crippen molar-refractivity contribution in [1.29, 1.82) is 0 Å². The molecule has 4 saturated carbocycles. The van der Waals surface area contributed by atoms with E-state index in [0.717, 1.165) is 35.4 Å². The standard InChI is InChI=1S/C24H44N2O.BrH/c1-4-6-7-8-9-10-11-12-13-26(3,5-2)25-23(27)24-17-20-14-21(18-24)16-22(15-20)19-24;/h20-22H,4-19H2,1-3H3;1H. The van der Waals surface area contributed by atoms with Crippen LogP contribution in [0.2, 0.25) is 0 Å². The first-order chi connectivity index (χ1) is 13.0. The number of nitrogens with zero attached hydrogens (tertiary/aromatic N) is 1. The Bertz CT molecular complexity index is 460. The van der Waals surface area contributed by atoms with E-state index in [1.54, 1.807) is 0 Å². The molecule has 4 rings (SSSR count). The van der Waals surface area contributed by atoms with E-state index in [2.05, 4.69) is 26.3 Å². The van der Waals surface area contributed by atoms with Crippen molar-refractivity contribution in [2.24, 2.45) is 23.2 Å². The van der Waals surface area contributed by atoms with Gasteiger partial charge in [0.05, 0.1) is 19.0 Å². The molecule has 164 valence electrons. The van der Waals surface area contributed by atoms with Crippen molar-refractivity contribution in [2.75, 3.05) is 20.1 Å². The number of rotatable bonds is 12. The van der Waals surface area contributed by atoms with E-state index < -0.39 is 0 Å². The minimum Gasteiger partial charge on any atom is -1.00 e. The van der Waals surface area contributed by atoms with Crippen molar-refractivity contribution in [3.8, 4) is 0 Å². The van der Waals surface area contributed by atoms with E-state index in [0.29, 0.717) is 5.91 Å². The Morgan fingerprint density at radius 2 is 1.32 bits per heavy atom. The first-order valence-corrected chi connectivity index (χ1v) is 12.2. The maximum absolute atomic E-state index is 13.4. The van der Waals surface area contributed by atoms with Gasteiger partial charge in [-0.25, -0.2) is 10.0 Å². The highest BCUT2D eigenvalue weighted by Gasteiger charge is 2.55. The number of carbonyl (C=O) groups excluding carboxylic acids is 1. The van der Waals surface area contributed by atoms with Crippen LogP contribution in [0.25, 0.3) is 0 Å². The Morgan fingerprint density at radius 3 is 1.79 bits per heavy atom. The van der Waals surface area contributed by atoms with Gasteiger partial charge in [-0.15, -0.1) is 0 Å². The van der Waals surface area contributed by atoms with Crippen molar-refractivity contribution in [3.05, 3.63) is 0 Å². The molecule has 1 atom stereocenters. The molecular weight excluding hydrogens is 412 g/mol. The smallest absolute Gasteiger partial charge is 0.271 e. The van der Waals surface area contributed by atoms with Crippen LogP contribution < -0.4 is 22.4 Å². The van der Waals surface area contributed by atoms with Crippen LogP contribution in [-0.2, 0) is 4.79 Å². The van der Waals surface area contributed by atoms with Gasteiger partial charge in [-0.3, -0.25) is 4.79 Å². The maximum Gasteiger partial charge on any atom is 0.271 e. The van der Waals surface area contributed by atoms with Crippen molar-refractivity contribution >= 4 is 5.91 Å². The Balaban J connectivity index is 0.00000280. The molecule has 0 aliphatic heterocycles. The summed E-state index contributed by atoms with van der Waals surface area (Å²) in [6.07, 6.45) is 18.6. The molecule has 1 unspecified atom stereocenters. The van der Waals surface area contributed by atoms with E-state index in [1.807, 2.05) is 0 Å². The Labute approximate surface area is 184 Å². The fraction of sp³-hybridized carbons (Fsp3) is 0.958. The van der Waals surface area contributed by atoms with E-state index in [9.17, 15) is 4.79 Å². The second kappa shape index (κ2) is 10.8. The van der Waals surface area contributed by atoms with Crippen LogP contribution in [0.5, 0.6) is 0 Å². The molecule has 4 heteroatoms. The largest absolute Gasteiger partial charge is 1.00 e. The number of halogens is 1. The molecule has 4 aliphatic rings. The molecule has 28 heavy (non-hydrogen) atoms. The molecule has 1 amide bonds. The van der Waals surface area contributed by atoms with Gasteiger partial charge in [0, 0.05) is 0 Å². The average Bonchev–Trinajstić information content (AvgIpc) is 2.63. The molecular formula is C24H45BrN2O. The Hall–Kier alpha value is -0.0900. The first kappa shape index (κ1) is 24.2. The third-order valence-electron chi connectivity index (χ3n) is 8.09. The fourth-order valence-electron chi connectivity index (χ4n) is 6.64.